The van der Waals surface area contributed by atoms with Gasteiger partial charge in [0.2, 0.25) is 15.9 Å². The van der Waals surface area contributed by atoms with Crippen LogP contribution in [0.2, 0.25) is 0 Å². The van der Waals surface area contributed by atoms with Crippen molar-refractivity contribution in [3.8, 4) is 0 Å². The molecule has 2 heterocycles. The minimum absolute atomic E-state index is 0.0528. The number of aromatic nitrogens is 1. The van der Waals surface area contributed by atoms with Gasteiger partial charge >= 0.3 is 0 Å². The summed E-state index contributed by atoms with van der Waals surface area (Å²) in [6.07, 6.45) is 3.14. The molecule has 36 heavy (non-hydrogen) atoms. The molecule has 0 unspecified atom stereocenters. The van der Waals surface area contributed by atoms with Gasteiger partial charge in [0, 0.05) is 36.3 Å². The summed E-state index contributed by atoms with van der Waals surface area (Å²) < 4.78 is 73.6. The van der Waals surface area contributed by atoms with E-state index in [-0.39, 0.29) is 40.9 Å². The normalized spacial score (nSPS) is 15.5. The quantitative estimate of drug-likeness (QED) is 0.499. The summed E-state index contributed by atoms with van der Waals surface area (Å²) >= 11 is 0. The number of piperidine rings is 1. The number of amides is 1. The fraction of sp³-hybridized carbons (Fsp3) is 0.280. The van der Waals surface area contributed by atoms with E-state index in [1.807, 2.05) is 0 Å². The zero-order chi connectivity index (χ0) is 26.0. The summed E-state index contributed by atoms with van der Waals surface area (Å²) in [7, 11) is -4.02. The fourth-order valence-electron chi connectivity index (χ4n) is 4.09. The average molecular weight is 520 g/mol. The number of carbonyl (C=O) groups excluding carboxylic acids is 1. The van der Waals surface area contributed by atoms with E-state index in [9.17, 15) is 26.4 Å². The van der Waals surface area contributed by atoms with Crippen LogP contribution in [-0.2, 0) is 14.8 Å². The number of hydrogen-bond donors (Lipinski definition) is 1. The van der Waals surface area contributed by atoms with Crippen LogP contribution in [0.25, 0.3) is 12.2 Å². The fourth-order valence-corrected chi connectivity index (χ4v) is 5.81. The number of nitrogens with one attached hydrogen (secondary N) is 1. The maximum Gasteiger partial charge on any atom is 0.248 e. The molecule has 1 saturated heterocycles. The Morgan fingerprint density at radius 3 is 2.39 bits per heavy atom. The first-order chi connectivity index (χ1) is 17.1. The SMILES string of the molecule is Cc1cc(F)ccc1NC(=O)C1CCN(S(=O)(=O)c2c(C)noc2C=Cc2ccc(F)cc2F)CC1. The van der Waals surface area contributed by atoms with Gasteiger partial charge in [-0.1, -0.05) is 5.16 Å². The zero-order valence-corrected chi connectivity index (χ0v) is 20.4. The first-order valence-electron chi connectivity index (χ1n) is 11.2. The van der Waals surface area contributed by atoms with Crippen molar-refractivity contribution >= 4 is 33.8 Å². The van der Waals surface area contributed by atoms with E-state index >= 15 is 0 Å². The molecule has 190 valence electrons. The molecule has 11 heteroatoms. The largest absolute Gasteiger partial charge is 0.355 e. The number of hydrogen-bond acceptors (Lipinski definition) is 5. The van der Waals surface area contributed by atoms with Gasteiger partial charge in [0.25, 0.3) is 0 Å². The molecule has 4 rings (SSSR count). The standard InChI is InChI=1S/C25H24F3N3O4S/c1-15-13-19(26)6-7-22(15)29-25(32)18-9-11-31(12-10-18)36(33,34)24-16(2)30-35-23(24)8-4-17-3-5-20(27)14-21(17)28/h3-8,13-14,18H,9-12H2,1-2H3,(H,29,32). The van der Waals surface area contributed by atoms with Crippen molar-refractivity contribution in [2.24, 2.45) is 5.92 Å². The number of aryl methyl sites for hydroxylation is 2. The van der Waals surface area contributed by atoms with Gasteiger partial charge in [0.05, 0.1) is 0 Å². The van der Waals surface area contributed by atoms with Gasteiger partial charge in [-0.2, -0.15) is 4.31 Å². The van der Waals surface area contributed by atoms with Crippen LogP contribution in [0.1, 0.15) is 35.4 Å². The smallest absolute Gasteiger partial charge is 0.248 e. The van der Waals surface area contributed by atoms with Crippen molar-refractivity contribution in [1.82, 2.24) is 9.46 Å². The third-order valence-electron chi connectivity index (χ3n) is 6.08. The number of benzene rings is 2. The van der Waals surface area contributed by atoms with Crippen LogP contribution in [0, 0.1) is 37.2 Å². The predicted molar refractivity (Wildman–Crippen MR) is 128 cm³/mol. The summed E-state index contributed by atoms with van der Waals surface area (Å²) in [5.74, 6) is -2.68. The number of anilines is 1. The molecule has 0 aliphatic carbocycles. The molecule has 1 aliphatic rings. The zero-order valence-electron chi connectivity index (χ0n) is 19.6. The highest BCUT2D eigenvalue weighted by molar-refractivity contribution is 7.89. The van der Waals surface area contributed by atoms with Crippen molar-refractivity contribution < 1.29 is 30.9 Å². The Balaban J connectivity index is 1.46. The lowest BCUT2D eigenvalue weighted by Crippen LogP contribution is -2.41. The van der Waals surface area contributed by atoms with E-state index in [1.54, 1.807) is 6.92 Å². The minimum Gasteiger partial charge on any atom is -0.355 e. The third-order valence-corrected chi connectivity index (χ3v) is 8.14. The summed E-state index contributed by atoms with van der Waals surface area (Å²) in [5.41, 5.74) is 1.29. The van der Waals surface area contributed by atoms with Gasteiger partial charge < -0.3 is 9.84 Å². The average Bonchev–Trinajstić information content (AvgIpc) is 3.21. The molecule has 0 bridgehead atoms. The second-order valence-corrected chi connectivity index (χ2v) is 10.5. The molecule has 1 fully saturated rings. The molecule has 0 radical (unpaired) electrons. The van der Waals surface area contributed by atoms with Crippen LogP contribution < -0.4 is 5.32 Å². The van der Waals surface area contributed by atoms with Crippen molar-refractivity contribution in [1.29, 1.82) is 0 Å². The highest BCUT2D eigenvalue weighted by atomic mass is 32.2. The Morgan fingerprint density at radius 2 is 1.72 bits per heavy atom. The van der Waals surface area contributed by atoms with Gasteiger partial charge in [0.15, 0.2) is 10.7 Å². The van der Waals surface area contributed by atoms with E-state index in [4.69, 9.17) is 4.52 Å². The molecule has 2 aromatic carbocycles. The molecule has 0 saturated carbocycles. The summed E-state index contributed by atoms with van der Waals surface area (Å²) in [6.45, 7) is 3.37. The lowest BCUT2D eigenvalue weighted by Gasteiger charge is -2.30. The molecular formula is C25H24F3N3O4S. The summed E-state index contributed by atoms with van der Waals surface area (Å²) in [6, 6.07) is 7.11. The minimum atomic E-state index is -4.02. The van der Waals surface area contributed by atoms with Gasteiger partial charge in [-0.15, -0.1) is 0 Å². The molecule has 1 aromatic heterocycles. The van der Waals surface area contributed by atoms with Crippen LogP contribution >= 0.6 is 0 Å². The monoisotopic (exact) mass is 519 g/mol. The number of halogens is 3. The van der Waals surface area contributed by atoms with Crippen LogP contribution in [0.15, 0.2) is 45.8 Å². The second kappa shape index (κ2) is 10.3. The summed E-state index contributed by atoms with van der Waals surface area (Å²) in [5, 5.41) is 6.54. The third kappa shape index (κ3) is 5.36. The first kappa shape index (κ1) is 25.6. The van der Waals surface area contributed by atoms with Crippen molar-refractivity contribution in [2.75, 3.05) is 18.4 Å². The number of carbonyl (C=O) groups is 1. The van der Waals surface area contributed by atoms with Gasteiger partial charge in [-0.25, -0.2) is 21.6 Å². The van der Waals surface area contributed by atoms with E-state index in [2.05, 4.69) is 10.5 Å². The van der Waals surface area contributed by atoms with E-state index in [0.717, 1.165) is 12.1 Å². The molecule has 0 atom stereocenters. The number of sulfonamides is 1. The van der Waals surface area contributed by atoms with E-state index in [1.165, 1.54) is 47.6 Å². The number of nitrogens with zero attached hydrogens (tertiary/aromatic N) is 2. The molecule has 1 amide bonds. The molecule has 1 aliphatic heterocycles. The molecule has 7 nitrogen and oxygen atoms in total. The molecule has 3 aromatic rings. The lowest BCUT2D eigenvalue weighted by molar-refractivity contribution is -0.120. The lowest BCUT2D eigenvalue weighted by atomic mass is 9.97. The van der Waals surface area contributed by atoms with E-state index in [0.29, 0.717) is 24.1 Å². The predicted octanol–water partition coefficient (Wildman–Crippen LogP) is 4.92. The van der Waals surface area contributed by atoms with Gasteiger partial charge in [-0.05, 0) is 74.7 Å². The Labute approximate surface area is 206 Å². The maximum absolute atomic E-state index is 13.9. The Kier molecular flexibility index (Phi) is 7.32. The van der Waals surface area contributed by atoms with Crippen LogP contribution in [-0.4, -0.2) is 36.9 Å². The Hall–Kier alpha value is -3.44. The van der Waals surface area contributed by atoms with E-state index < -0.39 is 33.4 Å². The van der Waals surface area contributed by atoms with Crippen molar-refractivity contribution in [3.63, 3.8) is 0 Å². The van der Waals surface area contributed by atoms with Gasteiger partial charge in [-0.3, -0.25) is 4.79 Å². The summed E-state index contributed by atoms with van der Waals surface area (Å²) in [4.78, 5) is 12.6. The van der Waals surface area contributed by atoms with Crippen LogP contribution in [0.4, 0.5) is 18.9 Å². The highest BCUT2D eigenvalue weighted by Crippen LogP contribution is 2.30. The van der Waals surface area contributed by atoms with Crippen LogP contribution in [0.3, 0.4) is 0 Å². The second-order valence-electron chi connectivity index (χ2n) is 8.59. The Bertz CT molecular complexity index is 1430. The first-order valence-corrected chi connectivity index (χ1v) is 12.7. The number of rotatable bonds is 6. The molecular weight excluding hydrogens is 495 g/mol. The molecule has 1 N–H and O–H groups in total. The Morgan fingerprint density at radius 1 is 1.06 bits per heavy atom. The highest BCUT2D eigenvalue weighted by Gasteiger charge is 2.36. The maximum atomic E-state index is 13.9. The van der Waals surface area contributed by atoms with Gasteiger partial charge in [0.1, 0.15) is 23.1 Å². The van der Waals surface area contributed by atoms with Crippen molar-refractivity contribution in [2.45, 2.75) is 31.6 Å². The topological polar surface area (TPSA) is 92.5 Å². The molecule has 0 spiro atoms. The van der Waals surface area contributed by atoms with Crippen LogP contribution in [0.5, 0.6) is 0 Å². The van der Waals surface area contributed by atoms with Crippen molar-refractivity contribution in [3.05, 3.63) is 76.4 Å².